The molecule has 0 aliphatic carbocycles. The molecule has 3 heteroatoms. The highest BCUT2D eigenvalue weighted by atomic mass is 19.1. The Morgan fingerprint density at radius 3 is 3.12 bits per heavy atom. The fraction of sp³-hybridized carbons (Fsp3) is 0.385. The van der Waals surface area contributed by atoms with Crippen LogP contribution in [-0.2, 0) is 4.74 Å². The van der Waals surface area contributed by atoms with Crippen LogP contribution in [0.2, 0.25) is 0 Å². The van der Waals surface area contributed by atoms with Gasteiger partial charge in [0.1, 0.15) is 5.82 Å². The summed E-state index contributed by atoms with van der Waals surface area (Å²) in [5.74, 6) is 0.258. The van der Waals surface area contributed by atoms with E-state index in [1.807, 2.05) is 12.3 Å². The Hall–Kier alpha value is -1.35. The largest absolute Gasteiger partial charge is 0.381 e. The van der Waals surface area contributed by atoms with Gasteiger partial charge in [0.25, 0.3) is 0 Å². The number of nitrogens with one attached hydrogen (secondary N) is 1. The van der Waals surface area contributed by atoms with Crippen molar-refractivity contribution in [2.45, 2.75) is 18.8 Å². The summed E-state index contributed by atoms with van der Waals surface area (Å²) in [4.78, 5) is 3.13. The van der Waals surface area contributed by atoms with E-state index >= 15 is 0 Å². The van der Waals surface area contributed by atoms with Crippen molar-refractivity contribution in [3.05, 3.63) is 35.8 Å². The van der Waals surface area contributed by atoms with Gasteiger partial charge in [-0.1, -0.05) is 0 Å². The molecule has 1 aromatic heterocycles. The zero-order valence-corrected chi connectivity index (χ0v) is 9.00. The van der Waals surface area contributed by atoms with E-state index in [1.165, 1.54) is 11.6 Å². The SMILES string of the molecule is Fc1ccc2c([C@H]3CCCOC3)c[nH]c2c1. The highest BCUT2D eigenvalue weighted by Crippen LogP contribution is 2.31. The minimum absolute atomic E-state index is 0.194. The van der Waals surface area contributed by atoms with E-state index in [2.05, 4.69) is 4.98 Å². The smallest absolute Gasteiger partial charge is 0.125 e. The molecule has 0 radical (unpaired) electrons. The first-order valence-electron chi connectivity index (χ1n) is 5.69. The molecule has 0 saturated carbocycles. The minimum Gasteiger partial charge on any atom is -0.381 e. The van der Waals surface area contributed by atoms with Crippen LogP contribution < -0.4 is 0 Å². The minimum atomic E-state index is -0.194. The van der Waals surface area contributed by atoms with Gasteiger partial charge in [-0.3, -0.25) is 0 Å². The quantitative estimate of drug-likeness (QED) is 0.782. The number of H-pyrrole nitrogens is 1. The molecule has 1 aliphatic heterocycles. The summed E-state index contributed by atoms with van der Waals surface area (Å²) in [5, 5.41) is 1.12. The maximum absolute atomic E-state index is 13.0. The summed E-state index contributed by atoms with van der Waals surface area (Å²) < 4.78 is 18.5. The van der Waals surface area contributed by atoms with Crippen molar-refractivity contribution >= 4 is 10.9 Å². The van der Waals surface area contributed by atoms with Crippen molar-refractivity contribution < 1.29 is 9.13 Å². The lowest BCUT2D eigenvalue weighted by molar-refractivity contribution is 0.0808. The van der Waals surface area contributed by atoms with Gasteiger partial charge in [0.05, 0.1) is 6.61 Å². The maximum atomic E-state index is 13.0. The highest BCUT2D eigenvalue weighted by Gasteiger charge is 2.19. The Balaban J connectivity index is 2.03. The Labute approximate surface area is 93.4 Å². The van der Waals surface area contributed by atoms with Crippen molar-refractivity contribution in [2.24, 2.45) is 0 Å². The molecule has 0 amide bonds. The van der Waals surface area contributed by atoms with E-state index in [0.29, 0.717) is 5.92 Å². The first-order chi connectivity index (χ1) is 7.84. The third-order valence-corrected chi connectivity index (χ3v) is 3.28. The summed E-state index contributed by atoms with van der Waals surface area (Å²) in [6.07, 6.45) is 4.26. The van der Waals surface area contributed by atoms with Crippen LogP contribution in [0.3, 0.4) is 0 Å². The molecular formula is C13H14FNO. The summed E-state index contributed by atoms with van der Waals surface area (Å²) in [6.45, 7) is 1.65. The molecular weight excluding hydrogens is 205 g/mol. The molecule has 16 heavy (non-hydrogen) atoms. The predicted octanol–water partition coefficient (Wildman–Crippen LogP) is 3.20. The van der Waals surface area contributed by atoms with Gasteiger partial charge in [0.2, 0.25) is 0 Å². The van der Waals surface area contributed by atoms with E-state index in [4.69, 9.17) is 4.74 Å². The summed E-state index contributed by atoms with van der Waals surface area (Å²) in [7, 11) is 0. The molecule has 1 atom stereocenters. The number of aromatic nitrogens is 1. The average molecular weight is 219 g/mol. The summed E-state index contributed by atoms with van der Waals surface area (Å²) >= 11 is 0. The molecule has 2 heterocycles. The molecule has 2 aromatic rings. The summed E-state index contributed by atoms with van der Waals surface area (Å²) in [6, 6.07) is 4.91. The second-order valence-corrected chi connectivity index (χ2v) is 4.35. The van der Waals surface area contributed by atoms with Gasteiger partial charge in [-0.25, -0.2) is 4.39 Å². The van der Waals surface area contributed by atoms with Crippen molar-refractivity contribution in [1.82, 2.24) is 4.98 Å². The first-order valence-corrected chi connectivity index (χ1v) is 5.69. The molecule has 1 N–H and O–H groups in total. The fourth-order valence-electron chi connectivity index (χ4n) is 2.44. The first kappa shape index (κ1) is 9.85. The standard InChI is InChI=1S/C13H14FNO/c14-10-3-4-11-12(7-15-13(11)6-10)9-2-1-5-16-8-9/h3-4,6-7,9,15H,1-2,5,8H2/t9-/m0/s1. The number of aromatic amines is 1. The second-order valence-electron chi connectivity index (χ2n) is 4.35. The van der Waals surface area contributed by atoms with Crippen LogP contribution in [0.15, 0.2) is 24.4 Å². The van der Waals surface area contributed by atoms with Crippen LogP contribution >= 0.6 is 0 Å². The molecule has 1 aromatic carbocycles. The van der Waals surface area contributed by atoms with Crippen LogP contribution in [0.5, 0.6) is 0 Å². The van der Waals surface area contributed by atoms with Crippen molar-refractivity contribution in [3.8, 4) is 0 Å². The van der Waals surface area contributed by atoms with Gasteiger partial charge >= 0.3 is 0 Å². The summed E-state index contributed by atoms with van der Waals surface area (Å²) in [5.41, 5.74) is 2.13. The van der Waals surface area contributed by atoms with E-state index in [-0.39, 0.29) is 5.82 Å². The van der Waals surface area contributed by atoms with Crippen LogP contribution in [0, 0.1) is 5.82 Å². The lowest BCUT2D eigenvalue weighted by atomic mass is 9.93. The normalized spacial score (nSPS) is 21.4. The van der Waals surface area contributed by atoms with Gasteiger partial charge in [-0.2, -0.15) is 0 Å². The van der Waals surface area contributed by atoms with E-state index in [9.17, 15) is 4.39 Å². The van der Waals surface area contributed by atoms with Crippen LogP contribution in [0.25, 0.3) is 10.9 Å². The van der Waals surface area contributed by atoms with Crippen molar-refractivity contribution in [2.75, 3.05) is 13.2 Å². The molecule has 1 saturated heterocycles. The molecule has 1 fully saturated rings. The maximum Gasteiger partial charge on any atom is 0.125 e. The number of hydrogen-bond donors (Lipinski definition) is 1. The number of hydrogen-bond acceptors (Lipinski definition) is 1. The van der Waals surface area contributed by atoms with E-state index in [0.717, 1.165) is 37.0 Å². The van der Waals surface area contributed by atoms with Gasteiger partial charge in [0, 0.05) is 29.6 Å². The van der Waals surface area contributed by atoms with Gasteiger partial charge < -0.3 is 9.72 Å². The van der Waals surface area contributed by atoms with Crippen LogP contribution in [0.4, 0.5) is 4.39 Å². The lowest BCUT2D eigenvalue weighted by Crippen LogP contribution is -2.15. The predicted molar refractivity (Wildman–Crippen MR) is 61.1 cm³/mol. The van der Waals surface area contributed by atoms with E-state index < -0.39 is 0 Å². The third kappa shape index (κ3) is 1.61. The highest BCUT2D eigenvalue weighted by molar-refractivity contribution is 5.83. The Bertz CT molecular complexity index is 500. The van der Waals surface area contributed by atoms with Gasteiger partial charge in [-0.05, 0) is 36.6 Å². The topological polar surface area (TPSA) is 25.0 Å². The Kier molecular flexibility index (Phi) is 2.40. The molecule has 2 nitrogen and oxygen atoms in total. The number of rotatable bonds is 1. The van der Waals surface area contributed by atoms with Crippen LogP contribution in [0.1, 0.15) is 24.3 Å². The molecule has 84 valence electrons. The second kappa shape index (κ2) is 3.91. The number of benzene rings is 1. The zero-order valence-electron chi connectivity index (χ0n) is 9.00. The molecule has 1 aliphatic rings. The van der Waals surface area contributed by atoms with Gasteiger partial charge in [0.15, 0.2) is 0 Å². The van der Waals surface area contributed by atoms with Crippen molar-refractivity contribution in [3.63, 3.8) is 0 Å². The Morgan fingerprint density at radius 2 is 2.31 bits per heavy atom. The monoisotopic (exact) mass is 219 g/mol. The van der Waals surface area contributed by atoms with Gasteiger partial charge in [-0.15, -0.1) is 0 Å². The number of ether oxygens (including phenoxy) is 1. The molecule has 0 bridgehead atoms. The van der Waals surface area contributed by atoms with Crippen LogP contribution in [-0.4, -0.2) is 18.2 Å². The third-order valence-electron chi connectivity index (χ3n) is 3.28. The molecule has 0 unspecified atom stereocenters. The van der Waals surface area contributed by atoms with E-state index in [1.54, 1.807) is 6.07 Å². The lowest BCUT2D eigenvalue weighted by Gasteiger charge is -2.21. The zero-order chi connectivity index (χ0) is 11.0. The number of fused-ring (bicyclic) bond motifs is 1. The number of halogens is 1. The van der Waals surface area contributed by atoms with Crippen molar-refractivity contribution in [1.29, 1.82) is 0 Å². The fourth-order valence-corrected chi connectivity index (χ4v) is 2.44. The average Bonchev–Trinajstić information content (AvgIpc) is 2.73. The Morgan fingerprint density at radius 1 is 1.38 bits per heavy atom. The molecule has 3 rings (SSSR count). The molecule has 0 spiro atoms.